The number of halogens is 1. The molecule has 0 radical (unpaired) electrons. The van der Waals surface area contributed by atoms with E-state index >= 15 is 0 Å². The van der Waals surface area contributed by atoms with Gasteiger partial charge in [0.05, 0.1) is 18.0 Å². The highest BCUT2D eigenvalue weighted by Gasteiger charge is 2.20. The Labute approximate surface area is 209 Å². The summed E-state index contributed by atoms with van der Waals surface area (Å²) in [6.45, 7) is 8.25. The van der Waals surface area contributed by atoms with Crippen LogP contribution >= 0.6 is 24.0 Å². The number of benzene rings is 2. The van der Waals surface area contributed by atoms with Crippen molar-refractivity contribution in [1.29, 1.82) is 0 Å². The molecule has 0 heterocycles. The average Bonchev–Trinajstić information content (AvgIpc) is 2.75. The number of guanidine groups is 1. The first-order valence-corrected chi connectivity index (χ1v) is 12.0. The van der Waals surface area contributed by atoms with Crippen LogP contribution in [0, 0.1) is 6.92 Å². The second-order valence-corrected chi connectivity index (χ2v) is 9.52. The van der Waals surface area contributed by atoms with E-state index in [2.05, 4.69) is 22.5 Å². The molecule has 2 rings (SSSR count). The van der Waals surface area contributed by atoms with Crippen molar-refractivity contribution in [3.05, 3.63) is 59.2 Å². The van der Waals surface area contributed by atoms with Gasteiger partial charge in [0.2, 0.25) is 10.0 Å². The summed E-state index contributed by atoms with van der Waals surface area (Å²) in [5.41, 5.74) is 2.83. The maximum absolute atomic E-state index is 12.6. The molecular formula is C23H35IN4O3S. The molecule has 0 aliphatic heterocycles. The van der Waals surface area contributed by atoms with Crippen LogP contribution in [-0.4, -0.2) is 45.9 Å². The van der Waals surface area contributed by atoms with Gasteiger partial charge in [-0.15, -0.1) is 24.0 Å². The number of hydrogen-bond donors (Lipinski definition) is 2. The Morgan fingerprint density at radius 2 is 1.78 bits per heavy atom. The first kappa shape index (κ1) is 28.2. The average molecular weight is 575 g/mol. The van der Waals surface area contributed by atoms with Gasteiger partial charge in [-0.2, -0.15) is 0 Å². The first-order chi connectivity index (χ1) is 14.8. The molecule has 2 aromatic carbocycles. The minimum Gasteiger partial charge on any atom is -0.493 e. The van der Waals surface area contributed by atoms with Gasteiger partial charge in [0.25, 0.3) is 0 Å². The van der Waals surface area contributed by atoms with Crippen LogP contribution in [0.1, 0.15) is 37.0 Å². The van der Waals surface area contributed by atoms with Gasteiger partial charge in [-0.05, 0) is 43.5 Å². The van der Waals surface area contributed by atoms with Crippen molar-refractivity contribution in [1.82, 2.24) is 14.9 Å². The van der Waals surface area contributed by atoms with Gasteiger partial charge < -0.3 is 15.4 Å². The van der Waals surface area contributed by atoms with E-state index in [-0.39, 0.29) is 28.9 Å². The van der Waals surface area contributed by atoms with Crippen LogP contribution in [-0.2, 0) is 23.1 Å². The molecule has 0 bridgehead atoms. The summed E-state index contributed by atoms with van der Waals surface area (Å²) in [6, 6.07) is 13.1. The van der Waals surface area contributed by atoms with E-state index in [9.17, 15) is 8.42 Å². The molecule has 0 saturated carbocycles. The summed E-state index contributed by atoms with van der Waals surface area (Å²) >= 11 is 0. The topological polar surface area (TPSA) is 83.0 Å². The summed E-state index contributed by atoms with van der Waals surface area (Å²) < 4.78 is 32.4. The number of aliphatic imine (C=N–C) groups is 1. The molecule has 2 aromatic rings. The lowest BCUT2D eigenvalue weighted by Crippen LogP contribution is -2.37. The van der Waals surface area contributed by atoms with E-state index < -0.39 is 10.0 Å². The smallest absolute Gasteiger partial charge is 0.242 e. The van der Waals surface area contributed by atoms with Crippen molar-refractivity contribution in [3.63, 3.8) is 0 Å². The van der Waals surface area contributed by atoms with E-state index in [4.69, 9.17) is 4.74 Å². The summed E-state index contributed by atoms with van der Waals surface area (Å²) in [7, 11) is -0.460. The SMILES string of the molecule is CCCOc1cc(C)ccc1CN=C(NCC)NCc1ccccc1S(=O)(=O)N(C)C.I. The molecule has 0 atom stereocenters. The zero-order valence-electron chi connectivity index (χ0n) is 19.5. The molecule has 7 nitrogen and oxygen atoms in total. The number of aryl methyl sites for hydroxylation is 1. The Kier molecular flexibility index (Phi) is 12.0. The molecule has 32 heavy (non-hydrogen) atoms. The lowest BCUT2D eigenvalue weighted by atomic mass is 10.1. The summed E-state index contributed by atoms with van der Waals surface area (Å²) in [5, 5.41) is 6.46. The molecule has 178 valence electrons. The van der Waals surface area contributed by atoms with Crippen LogP contribution in [0.3, 0.4) is 0 Å². The van der Waals surface area contributed by atoms with Crippen LogP contribution in [0.25, 0.3) is 0 Å². The van der Waals surface area contributed by atoms with Gasteiger partial charge in [-0.1, -0.05) is 37.3 Å². The fourth-order valence-corrected chi connectivity index (χ4v) is 4.04. The van der Waals surface area contributed by atoms with Crippen LogP contribution < -0.4 is 15.4 Å². The second-order valence-electron chi connectivity index (χ2n) is 7.40. The Morgan fingerprint density at radius 3 is 2.44 bits per heavy atom. The second kappa shape index (κ2) is 13.6. The molecule has 0 spiro atoms. The Hall–Kier alpha value is -1.85. The molecule has 0 aliphatic rings. The van der Waals surface area contributed by atoms with Crippen LogP contribution in [0.4, 0.5) is 0 Å². The molecule has 0 aliphatic carbocycles. The Morgan fingerprint density at radius 1 is 1.06 bits per heavy atom. The van der Waals surface area contributed by atoms with Crippen molar-refractivity contribution in [2.24, 2.45) is 4.99 Å². The van der Waals surface area contributed by atoms with Crippen molar-refractivity contribution in [3.8, 4) is 5.75 Å². The Balaban J connectivity index is 0.00000512. The third-order valence-electron chi connectivity index (χ3n) is 4.61. The minimum absolute atomic E-state index is 0. The zero-order chi connectivity index (χ0) is 22.9. The molecule has 0 fully saturated rings. The number of sulfonamides is 1. The largest absolute Gasteiger partial charge is 0.493 e. The van der Waals surface area contributed by atoms with E-state index in [0.717, 1.165) is 23.3 Å². The number of nitrogens with one attached hydrogen (secondary N) is 2. The van der Waals surface area contributed by atoms with Crippen molar-refractivity contribution < 1.29 is 13.2 Å². The van der Waals surface area contributed by atoms with Gasteiger partial charge in [-0.25, -0.2) is 17.7 Å². The van der Waals surface area contributed by atoms with E-state index in [1.165, 1.54) is 18.4 Å². The predicted molar refractivity (Wildman–Crippen MR) is 141 cm³/mol. The molecule has 0 amide bonds. The van der Waals surface area contributed by atoms with Gasteiger partial charge in [-0.3, -0.25) is 0 Å². The lowest BCUT2D eigenvalue weighted by molar-refractivity contribution is 0.314. The fourth-order valence-electron chi connectivity index (χ4n) is 2.92. The quantitative estimate of drug-likeness (QED) is 0.256. The fraction of sp³-hybridized carbons (Fsp3) is 0.435. The van der Waals surface area contributed by atoms with Crippen molar-refractivity contribution >= 4 is 40.0 Å². The standard InChI is InChI=1S/C23H34N4O3S.HI/c1-6-14-30-21-15-18(3)12-13-19(21)16-25-23(24-7-2)26-17-20-10-8-9-11-22(20)31(28,29)27(4)5;/h8-13,15H,6-7,14,16-17H2,1-5H3,(H2,24,25,26);1H. The van der Waals surface area contributed by atoms with E-state index in [1.54, 1.807) is 12.1 Å². The zero-order valence-corrected chi connectivity index (χ0v) is 22.7. The third-order valence-corrected chi connectivity index (χ3v) is 6.53. The number of nitrogens with zero attached hydrogens (tertiary/aromatic N) is 2. The third kappa shape index (κ3) is 7.93. The molecule has 9 heteroatoms. The van der Waals surface area contributed by atoms with E-state index in [0.29, 0.717) is 37.8 Å². The highest BCUT2D eigenvalue weighted by molar-refractivity contribution is 14.0. The van der Waals surface area contributed by atoms with Crippen LogP contribution in [0.2, 0.25) is 0 Å². The molecule has 2 N–H and O–H groups in total. The van der Waals surface area contributed by atoms with Gasteiger partial charge in [0, 0.05) is 32.7 Å². The van der Waals surface area contributed by atoms with Gasteiger partial charge >= 0.3 is 0 Å². The molecule has 0 unspecified atom stereocenters. The summed E-state index contributed by atoms with van der Waals surface area (Å²) in [6.07, 6.45) is 0.941. The Bertz CT molecular complexity index is 994. The maximum Gasteiger partial charge on any atom is 0.242 e. The maximum atomic E-state index is 12.6. The molecule has 0 aromatic heterocycles. The first-order valence-electron chi connectivity index (χ1n) is 10.5. The number of hydrogen-bond acceptors (Lipinski definition) is 4. The predicted octanol–water partition coefficient (Wildman–Crippen LogP) is 3.91. The van der Waals surface area contributed by atoms with E-state index in [1.807, 2.05) is 44.2 Å². The van der Waals surface area contributed by atoms with Crippen molar-refractivity contribution in [2.75, 3.05) is 27.2 Å². The van der Waals surface area contributed by atoms with Crippen molar-refractivity contribution in [2.45, 2.75) is 45.2 Å². The monoisotopic (exact) mass is 574 g/mol. The van der Waals surface area contributed by atoms with Crippen LogP contribution in [0.15, 0.2) is 52.4 Å². The highest BCUT2D eigenvalue weighted by atomic mass is 127. The van der Waals surface area contributed by atoms with Crippen LogP contribution in [0.5, 0.6) is 5.75 Å². The summed E-state index contributed by atoms with van der Waals surface area (Å²) in [4.78, 5) is 4.97. The number of ether oxygens (including phenoxy) is 1. The number of rotatable bonds is 10. The highest BCUT2D eigenvalue weighted by Crippen LogP contribution is 2.22. The van der Waals surface area contributed by atoms with Gasteiger partial charge in [0.1, 0.15) is 5.75 Å². The summed E-state index contributed by atoms with van der Waals surface area (Å²) in [5.74, 6) is 1.46. The molecular weight excluding hydrogens is 539 g/mol. The normalized spacial score (nSPS) is 11.8. The van der Waals surface area contributed by atoms with Gasteiger partial charge in [0.15, 0.2) is 5.96 Å². The molecule has 0 saturated heterocycles. The minimum atomic E-state index is -3.53. The lowest BCUT2D eigenvalue weighted by Gasteiger charge is -2.17.